The van der Waals surface area contributed by atoms with Gasteiger partial charge in [-0.2, -0.15) is 0 Å². The Bertz CT molecular complexity index is 417. The molecule has 5 nitrogen and oxygen atoms in total. The van der Waals surface area contributed by atoms with E-state index in [2.05, 4.69) is 9.97 Å². The molecule has 0 bridgehead atoms. The number of rotatable bonds is 3. The molecule has 18 heavy (non-hydrogen) atoms. The molecule has 0 aromatic carbocycles. The fourth-order valence-electron chi connectivity index (χ4n) is 1.07. The van der Waals surface area contributed by atoms with E-state index in [9.17, 15) is 0 Å². The molecule has 94 valence electrons. The molecule has 0 saturated carbocycles. The summed E-state index contributed by atoms with van der Waals surface area (Å²) in [6, 6.07) is 9.46. The number of pyridine rings is 2. The highest BCUT2D eigenvalue weighted by Crippen LogP contribution is 2.08. The first-order chi connectivity index (χ1) is 8.68. The highest BCUT2D eigenvalue weighted by molar-refractivity contribution is 5.62. The summed E-state index contributed by atoms with van der Waals surface area (Å²) >= 11 is 0. The minimum atomic E-state index is -0.833. The smallest absolute Gasteiger partial charge is 0.300 e. The van der Waals surface area contributed by atoms with E-state index in [-0.39, 0.29) is 0 Å². The highest BCUT2D eigenvalue weighted by atomic mass is 16.5. The molecule has 2 aromatic heterocycles. The first-order valence-corrected chi connectivity index (χ1v) is 5.30. The Hall–Kier alpha value is -2.43. The molecule has 0 amide bonds. The van der Waals surface area contributed by atoms with E-state index in [1.807, 2.05) is 30.3 Å². The molecule has 1 N–H and O–H groups in total. The van der Waals surface area contributed by atoms with Crippen molar-refractivity contribution < 1.29 is 14.6 Å². The molecule has 0 aliphatic heterocycles. The van der Waals surface area contributed by atoms with Crippen molar-refractivity contribution in [2.45, 2.75) is 13.5 Å². The van der Waals surface area contributed by atoms with Crippen LogP contribution in [0.4, 0.5) is 0 Å². The van der Waals surface area contributed by atoms with Gasteiger partial charge in [0, 0.05) is 19.3 Å². The number of hydrogen-bond donors (Lipinski definition) is 1. The normalized spacial score (nSPS) is 8.94. The zero-order chi connectivity index (χ0) is 13.2. The third-order valence-corrected chi connectivity index (χ3v) is 1.75. The SMILES string of the molecule is CC(=O)O.c1ccc(COc2cccnc2)nc1. The van der Waals surface area contributed by atoms with Gasteiger partial charge in [0.05, 0.1) is 11.9 Å². The van der Waals surface area contributed by atoms with Gasteiger partial charge in [0.25, 0.3) is 5.97 Å². The molecule has 0 atom stereocenters. The monoisotopic (exact) mass is 246 g/mol. The predicted octanol–water partition coefficient (Wildman–Crippen LogP) is 2.15. The lowest BCUT2D eigenvalue weighted by atomic mass is 10.4. The fourth-order valence-corrected chi connectivity index (χ4v) is 1.07. The molecule has 5 heteroatoms. The third kappa shape index (κ3) is 6.22. The van der Waals surface area contributed by atoms with Gasteiger partial charge >= 0.3 is 0 Å². The molecule has 2 rings (SSSR count). The van der Waals surface area contributed by atoms with Crippen LogP contribution in [0, 0.1) is 0 Å². The van der Waals surface area contributed by atoms with Crippen molar-refractivity contribution >= 4 is 5.97 Å². The Labute approximate surface area is 105 Å². The van der Waals surface area contributed by atoms with Gasteiger partial charge in [-0.05, 0) is 24.3 Å². The van der Waals surface area contributed by atoms with Crippen molar-refractivity contribution in [2.75, 3.05) is 0 Å². The number of carboxylic acid groups (broad SMARTS) is 1. The zero-order valence-corrected chi connectivity index (χ0v) is 9.98. The number of carbonyl (C=O) groups is 1. The highest BCUT2D eigenvalue weighted by Gasteiger charge is 1.94. The van der Waals surface area contributed by atoms with Crippen molar-refractivity contribution in [1.82, 2.24) is 9.97 Å². The number of nitrogens with zero attached hydrogens (tertiary/aromatic N) is 2. The third-order valence-electron chi connectivity index (χ3n) is 1.75. The summed E-state index contributed by atoms with van der Waals surface area (Å²) in [4.78, 5) is 17.1. The molecular formula is C13H14N2O3. The molecule has 0 unspecified atom stereocenters. The second-order valence-electron chi connectivity index (χ2n) is 3.32. The summed E-state index contributed by atoms with van der Waals surface area (Å²) in [5, 5.41) is 7.42. The van der Waals surface area contributed by atoms with E-state index in [1.165, 1.54) is 0 Å². The minimum absolute atomic E-state index is 0.479. The summed E-state index contributed by atoms with van der Waals surface area (Å²) in [6.07, 6.45) is 5.15. The van der Waals surface area contributed by atoms with Gasteiger partial charge in [0.15, 0.2) is 0 Å². The van der Waals surface area contributed by atoms with Crippen molar-refractivity contribution in [1.29, 1.82) is 0 Å². The molecule has 0 spiro atoms. The Morgan fingerprint density at radius 2 is 2.06 bits per heavy atom. The molecular weight excluding hydrogens is 232 g/mol. The van der Waals surface area contributed by atoms with Crippen LogP contribution in [0.3, 0.4) is 0 Å². The minimum Gasteiger partial charge on any atom is -0.486 e. The van der Waals surface area contributed by atoms with E-state index < -0.39 is 5.97 Å². The van der Waals surface area contributed by atoms with Crippen LogP contribution in [0.25, 0.3) is 0 Å². The number of aromatic nitrogens is 2. The van der Waals surface area contributed by atoms with Crippen LogP contribution in [-0.2, 0) is 11.4 Å². The molecule has 0 fully saturated rings. The Balaban J connectivity index is 0.000000357. The van der Waals surface area contributed by atoms with Crippen LogP contribution < -0.4 is 4.74 Å². The van der Waals surface area contributed by atoms with Crippen LogP contribution in [0.5, 0.6) is 5.75 Å². The first-order valence-electron chi connectivity index (χ1n) is 5.30. The quantitative estimate of drug-likeness (QED) is 0.898. The van der Waals surface area contributed by atoms with Gasteiger partial charge < -0.3 is 9.84 Å². The van der Waals surface area contributed by atoms with E-state index >= 15 is 0 Å². The van der Waals surface area contributed by atoms with Crippen molar-refractivity contribution in [3.8, 4) is 5.75 Å². The summed E-state index contributed by atoms with van der Waals surface area (Å²) in [7, 11) is 0. The second kappa shape index (κ2) is 7.78. The number of hydrogen-bond acceptors (Lipinski definition) is 4. The molecule has 0 aliphatic rings. The van der Waals surface area contributed by atoms with Crippen molar-refractivity contribution in [2.24, 2.45) is 0 Å². The van der Waals surface area contributed by atoms with Crippen molar-refractivity contribution in [3.05, 3.63) is 54.6 Å². The Kier molecular flexibility index (Phi) is 5.89. The lowest BCUT2D eigenvalue weighted by Gasteiger charge is -2.03. The zero-order valence-electron chi connectivity index (χ0n) is 9.98. The lowest BCUT2D eigenvalue weighted by molar-refractivity contribution is -0.134. The molecule has 0 aliphatic carbocycles. The average Bonchev–Trinajstić information content (AvgIpc) is 2.38. The second-order valence-corrected chi connectivity index (χ2v) is 3.32. The van der Waals surface area contributed by atoms with Gasteiger partial charge in [0.2, 0.25) is 0 Å². The van der Waals surface area contributed by atoms with Gasteiger partial charge in [-0.1, -0.05) is 6.07 Å². The summed E-state index contributed by atoms with van der Waals surface area (Å²) in [5.41, 5.74) is 0.913. The topological polar surface area (TPSA) is 72.3 Å². The molecule has 0 saturated heterocycles. The number of carboxylic acids is 1. The summed E-state index contributed by atoms with van der Waals surface area (Å²) < 4.78 is 5.47. The van der Waals surface area contributed by atoms with Gasteiger partial charge in [0.1, 0.15) is 12.4 Å². The van der Waals surface area contributed by atoms with E-state index in [0.29, 0.717) is 6.61 Å². The van der Waals surface area contributed by atoms with E-state index in [4.69, 9.17) is 14.6 Å². The first kappa shape index (κ1) is 13.6. The van der Waals surface area contributed by atoms with E-state index in [0.717, 1.165) is 18.4 Å². The van der Waals surface area contributed by atoms with Crippen LogP contribution in [0.1, 0.15) is 12.6 Å². The van der Waals surface area contributed by atoms with Gasteiger partial charge in [-0.25, -0.2) is 0 Å². The lowest BCUT2D eigenvalue weighted by Crippen LogP contribution is -1.97. The van der Waals surface area contributed by atoms with Crippen LogP contribution in [0.15, 0.2) is 48.9 Å². The van der Waals surface area contributed by atoms with E-state index in [1.54, 1.807) is 18.6 Å². The summed E-state index contributed by atoms with van der Waals surface area (Å²) in [5.74, 6) is -0.0712. The van der Waals surface area contributed by atoms with Gasteiger partial charge in [-0.15, -0.1) is 0 Å². The predicted molar refractivity (Wildman–Crippen MR) is 66.1 cm³/mol. The number of ether oxygens (including phenoxy) is 1. The maximum Gasteiger partial charge on any atom is 0.300 e. The van der Waals surface area contributed by atoms with Gasteiger partial charge in [-0.3, -0.25) is 14.8 Å². The average molecular weight is 246 g/mol. The maximum atomic E-state index is 9.00. The molecule has 2 heterocycles. The largest absolute Gasteiger partial charge is 0.486 e. The maximum absolute atomic E-state index is 9.00. The molecule has 2 aromatic rings. The van der Waals surface area contributed by atoms with Crippen LogP contribution in [-0.4, -0.2) is 21.0 Å². The van der Waals surface area contributed by atoms with Crippen LogP contribution >= 0.6 is 0 Å². The van der Waals surface area contributed by atoms with Crippen LogP contribution in [0.2, 0.25) is 0 Å². The van der Waals surface area contributed by atoms with Crippen molar-refractivity contribution in [3.63, 3.8) is 0 Å². The summed E-state index contributed by atoms with van der Waals surface area (Å²) in [6.45, 7) is 1.56. The molecule has 0 radical (unpaired) electrons. The fraction of sp³-hybridized carbons (Fsp3) is 0.154. The standard InChI is InChI=1S/C11H10N2O.C2H4O2/c1-2-7-13-10(4-1)9-14-11-5-3-6-12-8-11;1-2(3)4/h1-8H,9H2;1H3,(H,3,4). The number of aliphatic carboxylic acids is 1. The Morgan fingerprint density at radius 1 is 1.28 bits per heavy atom. The Morgan fingerprint density at radius 3 is 2.61 bits per heavy atom.